The molecule has 0 aliphatic carbocycles. The molecule has 10 nitrogen and oxygen atoms in total. The second kappa shape index (κ2) is 15.4. The number of carbonyl (C=O) groups is 5. The van der Waals surface area contributed by atoms with Crippen LogP contribution < -0.4 is 16.0 Å². The number of carbonyl (C=O) groups excluding carboxylic acids is 5. The van der Waals surface area contributed by atoms with E-state index >= 15 is 0 Å². The molecule has 0 unspecified atom stereocenters. The van der Waals surface area contributed by atoms with Gasteiger partial charge in [-0.1, -0.05) is 74.5 Å². The van der Waals surface area contributed by atoms with Gasteiger partial charge in [-0.05, 0) is 36.3 Å². The van der Waals surface area contributed by atoms with Crippen LogP contribution in [-0.4, -0.2) is 66.2 Å². The Morgan fingerprint density at radius 2 is 1.62 bits per heavy atom. The van der Waals surface area contributed by atoms with Crippen molar-refractivity contribution in [2.45, 2.75) is 64.3 Å². The monoisotopic (exact) mass is 550 g/mol. The van der Waals surface area contributed by atoms with Gasteiger partial charge in [0.2, 0.25) is 17.7 Å². The second-order valence-electron chi connectivity index (χ2n) is 10.3. The lowest BCUT2D eigenvalue weighted by Crippen LogP contribution is -2.56. The van der Waals surface area contributed by atoms with E-state index in [4.69, 9.17) is 4.74 Å². The number of alkyl carbamates (subject to hydrolysis) is 1. The van der Waals surface area contributed by atoms with E-state index in [0.29, 0.717) is 32.1 Å². The van der Waals surface area contributed by atoms with E-state index in [0.717, 1.165) is 11.1 Å². The largest absolute Gasteiger partial charge is 0.445 e. The van der Waals surface area contributed by atoms with Gasteiger partial charge >= 0.3 is 6.09 Å². The van der Waals surface area contributed by atoms with Gasteiger partial charge in [0.15, 0.2) is 0 Å². The summed E-state index contributed by atoms with van der Waals surface area (Å²) in [6.45, 7) is 4.02. The van der Waals surface area contributed by atoms with Crippen LogP contribution in [0.2, 0.25) is 0 Å². The van der Waals surface area contributed by atoms with E-state index in [1.165, 1.54) is 4.90 Å². The predicted octanol–water partition coefficient (Wildman–Crippen LogP) is 2.36. The molecule has 4 amide bonds. The molecule has 0 aromatic heterocycles. The van der Waals surface area contributed by atoms with Crippen LogP contribution in [0.15, 0.2) is 60.7 Å². The number of rotatable bonds is 13. The van der Waals surface area contributed by atoms with Crippen molar-refractivity contribution in [1.82, 2.24) is 20.9 Å². The number of aldehydes is 1. The van der Waals surface area contributed by atoms with E-state index in [1.807, 2.05) is 74.5 Å². The van der Waals surface area contributed by atoms with Crippen molar-refractivity contribution < 1.29 is 28.7 Å². The first kappa shape index (κ1) is 30.3. The number of likely N-dealkylation sites (tertiary alicyclic amines) is 1. The lowest BCUT2D eigenvalue weighted by molar-refractivity contribution is -0.139. The minimum atomic E-state index is -0.937. The molecule has 0 saturated carbocycles. The highest BCUT2D eigenvalue weighted by Gasteiger charge is 2.36. The molecular weight excluding hydrogens is 512 g/mol. The van der Waals surface area contributed by atoms with Crippen molar-refractivity contribution in [3.63, 3.8) is 0 Å². The van der Waals surface area contributed by atoms with Gasteiger partial charge in [-0.3, -0.25) is 14.4 Å². The summed E-state index contributed by atoms with van der Waals surface area (Å²) in [5.74, 6) is -1.15. The highest BCUT2D eigenvalue weighted by molar-refractivity contribution is 5.94. The van der Waals surface area contributed by atoms with Crippen LogP contribution in [0.5, 0.6) is 0 Å². The van der Waals surface area contributed by atoms with Gasteiger partial charge in [0.25, 0.3) is 0 Å². The normalized spacial score (nSPS) is 16.1. The maximum atomic E-state index is 13.3. The zero-order valence-electron chi connectivity index (χ0n) is 23.0. The molecule has 0 radical (unpaired) electrons. The quantitative estimate of drug-likeness (QED) is 0.328. The maximum absolute atomic E-state index is 13.3. The van der Waals surface area contributed by atoms with Crippen LogP contribution in [0.3, 0.4) is 0 Å². The van der Waals surface area contributed by atoms with Crippen molar-refractivity contribution >= 4 is 30.1 Å². The number of hydrogen-bond acceptors (Lipinski definition) is 6. The summed E-state index contributed by atoms with van der Waals surface area (Å²) in [6, 6.07) is 16.0. The smallest absolute Gasteiger partial charge is 0.407 e. The van der Waals surface area contributed by atoms with E-state index in [9.17, 15) is 24.0 Å². The molecule has 10 heteroatoms. The molecule has 3 rings (SSSR count). The summed E-state index contributed by atoms with van der Waals surface area (Å²) < 4.78 is 5.15. The Morgan fingerprint density at radius 3 is 2.25 bits per heavy atom. The lowest BCUT2D eigenvalue weighted by Gasteiger charge is -2.27. The van der Waals surface area contributed by atoms with Crippen molar-refractivity contribution in [3.05, 3.63) is 71.8 Å². The van der Waals surface area contributed by atoms with Crippen molar-refractivity contribution in [3.8, 4) is 0 Å². The number of benzene rings is 2. The van der Waals surface area contributed by atoms with Crippen LogP contribution in [0.25, 0.3) is 0 Å². The molecule has 40 heavy (non-hydrogen) atoms. The zero-order chi connectivity index (χ0) is 28.9. The first-order valence-corrected chi connectivity index (χ1v) is 13.6. The van der Waals surface area contributed by atoms with E-state index in [-0.39, 0.29) is 25.5 Å². The standard InChI is InChI=1S/C30H38N4O6/c1-21(2)16-24(19-35)32-28(37)25(17-22-10-5-3-6-11-22)33-29(38)26-14-9-15-34(26)27(36)18-31-30(39)40-20-23-12-7-4-8-13-23/h3-8,10-13,19,21,24-26H,9,14-18,20H2,1-2H3,(H,31,39)(H,32,37)(H,33,38)/t24-,25-,26-/m0/s1. The molecule has 0 spiro atoms. The topological polar surface area (TPSA) is 134 Å². The second-order valence-corrected chi connectivity index (χ2v) is 10.3. The number of nitrogens with one attached hydrogen (secondary N) is 3. The average Bonchev–Trinajstić information content (AvgIpc) is 3.45. The van der Waals surface area contributed by atoms with Crippen LogP contribution in [0.4, 0.5) is 4.79 Å². The van der Waals surface area contributed by atoms with Gasteiger partial charge in [0.1, 0.15) is 31.5 Å². The third kappa shape index (κ3) is 9.52. The Labute approximate surface area is 234 Å². The SMILES string of the molecule is CC(C)C[C@@H](C=O)NC(=O)[C@H](Cc1ccccc1)NC(=O)[C@@H]1CCCN1C(=O)CNC(=O)OCc1ccccc1. The molecule has 0 bridgehead atoms. The summed E-state index contributed by atoms with van der Waals surface area (Å²) in [5.41, 5.74) is 1.66. The maximum Gasteiger partial charge on any atom is 0.407 e. The lowest BCUT2D eigenvalue weighted by atomic mass is 10.0. The molecule has 3 atom stereocenters. The van der Waals surface area contributed by atoms with E-state index < -0.39 is 41.9 Å². The summed E-state index contributed by atoms with van der Waals surface area (Å²) in [5, 5.41) is 7.99. The van der Waals surface area contributed by atoms with Gasteiger partial charge in [-0.15, -0.1) is 0 Å². The molecular formula is C30H38N4O6. The fourth-order valence-corrected chi connectivity index (χ4v) is 4.63. The van der Waals surface area contributed by atoms with E-state index in [1.54, 1.807) is 0 Å². The van der Waals surface area contributed by atoms with Gasteiger partial charge in [0.05, 0.1) is 6.04 Å². The Bertz CT molecular complexity index is 1140. The Balaban J connectivity index is 1.59. The number of nitrogens with zero attached hydrogens (tertiary/aromatic N) is 1. The van der Waals surface area contributed by atoms with Gasteiger partial charge < -0.3 is 30.4 Å². The first-order valence-electron chi connectivity index (χ1n) is 13.6. The first-order chi connectivity index (χ1) is 19.3. The molecule has 1 heterocycles. The molecule has 1 aliphatic heterocycles. The summed E-state index contributed by atoms with van der Waals surface area (Å²) in [6.07, 6.45) is 1.71. The fourth-order valence-electron chi connectivity index (χ4n) is 4.63. The molecule has 3 N–H and O–H groups in total. The average molecular weight is 551 g/mol. The number of hydrogen-bond donors (Lipinski definition) is 3. The number of amides is 4. The van der Waals surface area contributed by atoms with Crippen LogP contribution in [-0.2, 0) is 36.9 Å². The molecule has 2 aromatic rings. The van der Waals surface area contributed by atoms with E-state index in [2.05, 4.69) is 16.0 Å². The zero-order valence-corrected chi connectivity index (χ0v) is 23.0. The summed E-state index contributed by atoms with van der Waals surface area (Å²) in [4.78, 5) is 64.4. The fraction of sp³-hybridized carbons (Fsp3) is 0.433. The summed E-state index contributed by atoms with van der Waals surface area (Å²) in [7, 11) is 0. The molecule has 214 valence electrons. The highest BCUT2D eigenvalue weighted by Crippen LogP contribution is 2.18. The van der Waals surface area contributed by atoms with Gasteiger partial charge in [-0.25, -0.2) is 4.79 Å². The molecule has 2 aromatic carbocycles. The Kier molecular flexibility index (Phi) is 11.7. The van der Waals surface area contributed by atoms with Crippen molar-refractivity contribution in [1.29, 1.82) is 0 Å². The highest BCUT2D eigenvalue weighted by atomic mass is 16.5. The molecule has 1 aliphatic rings. The summed E-state index contributed by atoms with van der Waals surface area (Å²) >= 11 is 0. The van der Waals surface area contributed by atoms with Gasteiger partial charge in [-0.2, -0.15) is 0 Å². The minimum absolute atomic E-state index is 0.0720. The van der Waals surface area contributed by atoms with Gasteiger partial charge in [0, 0.05) is 13.0 Å². The Hall–Kier alpha value is -4.21. The van der Waals surface area contributed by atoms with Crippen LogP contribution in [0, 0.1) is 5.92 Å². The third-order valence-corrected chi connectivity index (χ3v) is 6.61. The molecule has 1 saturated heterocycles. The predicted molar refractivity (Wildman–Crippen MR) is 149 cm³/mol. The minimum Gasteiger partial charge on any atom is -0.445 e. The third-order valence-electron chi connectivity index (χ3n) is 6.61. The van der Waals surface area contributed by atoms with Crippen LogP contribution >= 0.6 is 0 Å². The van der Waals surface area contributed by atoms with Crippen molar-refractivity contribution in [2.24, 2.45) is 5.92 Å². The number of ether oxygens (including phenoxy) is 1. The molecule has 1 fully saturated rings. The van der Waals surface area contributed by atoms with Crippen molar-refractivity contribution in [2.75, 3.05) is 13.1 Å². The van der Waals surface area contributed by atoms with Crippen LogP contribution in [0.1, 0.15) is 44.2 Å². The Morgan fingerprint density at radius 1 is 0.975 bits per heavy atom.